The Kier molecular flexibility index (Phi) is 46.4. The third-order valence-corrected chi connectivity index (χ3v) is 11.1. The molecule has 0 heterocycles. The predicted molar refractivity (Wildman–Crippen MR) is 252 cm³/mol. The van der Waals surface area contributed by atoms with E-state index in [0.29, 0.717) is 19.3 Å². The molecule has 6 heteroatoms. The minimum absolute atomic E-state index is 0.0788. The first kappa shape index (κ1) is 56.6. The van der Waals surface area contributed by atoms with Gasteiger partial charge in [0.25, 0.3) is 0 Å². The van der Waals surface area contributed by atoms with E-state index < -0.39 is 6.10 Å². The van der Waals surface area contributed by atoms with Crippen molar-refractivity contribution in [2.24, 2.45) is 0 Å². The zero-order valence-corrected chi connectivity index (χ0v) is 39.3. The van der Waals surface area contributed by atoms with E-state index in [1.165, 1.54) is 154 Å². The Labute approximate surface area is 365 Å². The van der Waals surface area contributed by atoms with Crippen LogP contribution in [0, 0.1) is 0 Å². The van der Waals surface area contributed by atoms with Gasteiger partial charge in [0.2, 0.25) is 0 Å². The van der Waals surface area contributed by atoms with E-state index in [1.54, 1.807) is 0 Å². The summed E-state index contributed by atoms with van der Waals surface area (Å²) in [5.74, 6) is -0.893. The van der Waals surface area contributed by atoms with E-state index in [4.69, 9.17) is 14.2 Å². The number of hydrogen-bond acceptors (Lipinski definition) is 6. The predicted octanol–water partition coefficient (Wildman–Crippen LogP) is 16.5. The molecule has 0 saturated carbocycles. The van der Waals surface area contributed by atoms with Crippen LogP contribution in [0.3, 0.4) is 0 Å². The maximum Gasteiger partial charge on any atom is 0.306 e. The summed E-state index contributed by atoms with van der Waals surface area (Å²) >= 11 is 0. The Morgan fingerprint density at radius 1 is 0.322 bits per heavy atom. The van der Waals surface area contributed by atoms with Crippen molar-refractivity contribution in [3.8, 4) is 0 Å². The van der Waals surface area contributed by atoms with E-state index >= 15 is 0 Å². The molecule has 0 aromatic heterocycles. The van der Waals surface area contributed by atoms with Crippen LogP contribution in [0.5, 0.6) is 0 Å². The standard InChI is InChI=1S/C53H96O6/c1-4-7-10-13-16-19-22-23-24-25-26-27-28-29-32-35-38-41-44-47-53(56)59-50(48-57-51(54)45-42-39-36-33-30-20-17-14-11-8-5-2)49-58-52(55)46-43-40-37-34-31-21-18-15-12-9-6-3/h14-15,17-18,23-24,50H,4-13,16,19-22,25-49H2,1-3H3/b17-14-,18-15-,24-23-. The summed E-state index contributed by atoms with van der Waals surface area (Å²) < 4.78 is 16.7. The monoisotopic (exact) mass is 829 g/mol. The van der Waals surface area contributed by atoms with Gasteiger partial charge in [0.05, 0.1) is 0 Å². The minimum Gasteiger partial charge on any atom is -0.462 e. The molecule has 0 atom stereocenters. The summed E-state index contributed by atoms with van der Waals surface area (Å²) in [5.41, 5.74) is 0. The zero-order chi connectivity index (χ0) is 43.0. The molecule has 0 spiro atoms. The maximum atomic E-state index is 12.8. The van der Waals surface area contributed by atoms with Gasteiger partial charge in [-0.3, -0.25) is 14.4 Å². The third-order valence-electron chi connectivity index (χ3n) is 11.1. The van der Waals surface area contributed by atoms with Crippen LogP contribution in [-0.2, 0) is 28.6 Å². The van der Waals surface area contributed by atoms with Crippen LogP contribution < -0.4 is 0 Å². The summed E-state index contributed by atoms with van der Waals surface area (Å²) in [6, 6.07) is 0. The average molecular weight is 829 g/mol. The molecular formula is C53H96O6. The summed E-state index contributed by atoms with van der Waals surface area (Å²) in [7, 11) is 0. The van der Waals surface area contributed by atoms with Crippen LogP contribution in [-0.4, -0.2) is 37.2 Å². The first-order chi connectivity index (χ1) is 29.0. The van der Waals surface area contributed by atoms with Gasteiger partial charge in [-0.15, -0.1) is 0 Å². The number of rotatable bonds is 46. The number of unbranched alkanes of at least 4 members (excludes halogenated alkanes) is 29. The molecule has 0 saturated heterocycles. The normalized spacial score (nSPS) is 11.8. The molecule has 0 unspecified atom stereocenters. The molecule has 344 valence electrons. The fraction of sp³-hybridized carbons (Fsp3) is 0.830. The van der Waals surface area contributed by atoms with Crippen LogP contribution in [0.1, 0.15) is 265 Å². The lowest BCUT2D eigenvalue weighted by Gasteiger charge is -2.18. The van der Waals surface area contributed by atoms with Crippen molar-refractivity contribution in [3.05, 3.63) is 36.5 Å². The van der Waals surface area contributed by atoms with Crippen molar-refractivity contribution in [3.63, 3.8) is 0 Å². The molecule has 0 aliphatic heterocycles. The van der Waals surface area contributed by atoms with Crippen LogP contribution in [0.25, 0.3) is 0 Å². The highest BCUT2D eigenvalue weighted by atomic mass is 16.6. The molecule has 0 aliphatic carbocycles. The van der Waals surface area contributed by atoms with Gasteiger partial charge < -0.3 is 14.2 Å². The van der Waals surface area contributed by atoms with E-state index in [1.807, 2.05) is 0 Å². The quantitative estimate of drug-likeness (QED) is 0.0263. The van der Waals surface area contributed by atoms with E-state index in [0.717, 1.165) is 70.6 Å². The van der Waals surface area contributed by atoms with Crippen LogP contribution in [0.2, 0.25) is 0 Å². The first-order valence-electron chi connectivity index (χ1n) is 25.5. The smallest absolute Gasteiger partial charge is 0.306 e. The highest BCUT2D eigenvalue weighted by Crippen LogP contribution is 2.15. The largest absolute Gasteiger partial charge is 0.462 e. The number of ether oxygens (including phenoxy) is 3. The van der Waals surface area contributed by atoms with Crippen molar-refractivity contribution in [1.29, 1.82) is 0 Å². The van der Waals surface area contributed by atoms with Crippen molar-refractivity contribution < 1.29 is 28.6 Å². The first-order valence-corrected chi connectivity index (χ1v) is 25.5. The van der Waals surface area contributed by atoms with Gasteiger partial charge in [-0.2, -0.15) is 0 Å². The average Bonchev–Trinajstić information content (AvgIpc) is 3.23. The zero-order valence-electron chi connectivity index (χ0n) is 39.3. The molecule has 59 heavy (non-hydrogen) atoms. The molecule has 0 aromatic carbocycles. The van der Waals surface area contributed by atoms with E-state index in [-0.39, 0.29) is 31.1 Å². The molecule has 0 rings (SSSR count). The van der Waals surface area contributed by atoms with Gasteiger partial charge >= 0.3 is 17.9 Å². The molecule has 0 amide bonds. The van der Waals surface area contributed by atoms with Gasteiger partial charge in [0.15, 0.2) is 6.10 Å². The minimum atomic E-state index is -0.776. The molecule has 6 nitrogen and oxygen atoms in total. The lowest BCUT2D eigenvalue weighted by atomic mass is 10.1. The molecule has 0 N–H and O–H groups in total. The molecule has 0 bridgehead atoms. The molecule has 0 fully saturated rings. The second kappa shape index (κ2) is 48.3. The van der Waals surface area contributed by atoms with Crippen molar-refractivity contribution in [1.82, 2.24) is 0 Å². The Hall–Kier alpha value is -2.37. The Morgan fingerprint density at radius 3 is 0.898 bits per heavy atom. The van der Waals surface area contributed by atoms with E-state index in [2.05, 4.69) is 57.2 Å². The SMILES string of the molecule is CCCC/C=C\CCCCCCCC(=O)OCC(COC(=O)CCCCCCC/C=C\CCCC)OC(=O)CCCCCCCCCCC/C=C\CCCCCCCC. The van der Waals surface area contributed by atoms with Crippen LogP contribution in [0.4, 0.5) is 0 Å². The lowest BCUT2D eigenvalue weighted by Crippen LogP contribution is -2.30. The summed E-state index contributed by atoms with van der Waals surface area (Å²) in [6.07, 6.45) is 55.6. The Morgan fingerprint density at radius 2 is 0.576 bits per heavy atom. The topological polar surface area (TPSA) is 78.9 Å². The van der Waals surface area contributed by atoms with Gasteiger partial charge in [0.1, 0.15) is 13.2 Å². The third kappa shape index (κ3) is 46.5. The highest BCUT2D eigenvalue weighted by Gasteiger charge is 2.19. The van der Waals surface area contributed by atoms with E-state index in [9.17, 15) is 14.4 Å². The summed E-state index contributed by atoms with van der Waals surface area (Å²) in [4.78, 5) is 37.8. The number of allylic oxidation sites excluding steroid dienone is 6. The summed E-state index contributed by atoms with van der Waals surface area (Å²) in [6.45, 7) is 6.55. The molecular weight excluding hydrogens is 733 g/mol. The number of hydrogen-bond donors (Lipinski definition) is 0. The number of carbonyl (C=O) groups is 3. The van der Waals surface area contributed by atoms with Crippen molar-refractivity contribution in [2.75, 3.05) is 13.2 Å². The number of esters is 3. The number of carbonyl (C=O) groups excluding carboxylic acids is 3. The van der Waals surface area contributed by atoms with Crippen molar-refractivity contribution in [2.45, 2.75) is 271 Å². The van der Waals surface area contributed by atoms with Crippen molar-refractivity contribution >= 4 is 17.9 Å². The van der Waals surface area contributed by atoms with Gasteiger partial charge in [-0.25, -0.2) is 0 Å². The van der Waals surface area contributed by atoms with Crippen LogP contribution >= 0.6 is 0 Å². The molecule has 0 aliphatic rings. The second-order valence-corrected chi connectivity index (χ2v) is 17.1. The Balaban J connectivity index is 4.31. The summed E-state index contributed by atoms with van der Waals surface area (Å²) in [5, 5.41) is 0. The maximum absolute atomic E-state index is 12.8. The Bertz CT molecular complexity index is 952. The van der Waals surface area contributed by atoms with Crippen LogP contribution in [0.15, 0.2) is 36.5 Å². The lowest BCUT2D eigenvalue weighted by molar-refractivity contribution is -0.167. The van der Waals surface area contributed by atoms with Gasteiger partial charge in [-0.1, -0.05) is 198 Å². The molecule has 0 radical (unpaired) electrons. The second-order valence-electron chi connectivity index (χ2n) is 17.1. The van der Waals surface area contributed by atoms with Gasteiger partial charge in [-0.05, 0) is 83.5 Å². The fourth-order valence-corrected chi connectivity index (χ4v) is 7.16. The van der Waals surface area contributed by atoms with Gasteiger partial charge in [0, 0.05) is 19.3 Å². The fourth-order valence-electron chi connectivity index (χ4n) is 7.16. The highest BCUT2D eigenvalue weighted by molar-refractivity contribution is 5.71. The molecule has 0 aromatic rings.